The van der Waals surface area contributed by atoms with Gasteiger partial charge in [-0.05, 0) is 75.4 Å². The van der Waals surface area contributed by atoms with Crippen molar-refractivity contribution in [2.45, 2.75) is 52.9 Å². The van der Waals surface area contributed by atoms with Gasteiger partial charge in [-0.3, -0.25) is 4.68 Å². The lowest BCUT2D eigenvalue weighted by atomic mass is 10.0. The van der Waals surface area contributed by atoms with Crippen LogP contribution in [0.1, 0.15) is 41.2 Å². The average molecular weight is 483 g/mol. The fourth-order valence-corrected chi connectivity index (χ4v) is 4.23. The van der Waals surface area contributed by atoms with Gasteiger partial charge in [0.1, 0.15) is 12.1 Å². The maximum Gasteiger partial charge on any atom is 0.573 e. The standard InChI is InChI=1S/C25H25F3N6O/c1-15-10-16(2)34(31-15)23-12-20(29-14-30-23)11-22-17(3)24(32-33(22)13-18-4-5-18)19-6-8-21(9-7-19)35-25(26,27)28/h6-10,12,14,18H,4-5,11,13H2,1-3H3. The topological polar surface area (TPSA) is 70.7 Å². The summed E-state index contributed by atoms with van der Waals surface area (Å²) in [7, 11) is 0. The highest BCUT2D eigenvalue weighted by atomic mass is 19.4. The molecule has 3 heterocycles. The van der Waals surface area contributed by atoms with Crippen LogP contribution in [-0.2, 0) is 13.0 Å². The summed E-state index contributed by atoms with van der Waals surface area (Å²) in [5, 5.41) is 9.36. The third-order valence-electron chi connectivity index (χ3n) is 6.09. The lowest BCUT2D eigenvalue weighted by Gasteiger charge is -2.09. The number of benzene rings is 1. The van der Waals surface area contributed by atoms with E-state index in [4.69, 9.17) is 5.10 Å². The lowest BCUT2D eigenvalue weighted by molar-refractivity contribution is -0.274. The molecule has 4 aromatic rings. The highest BCUT2D eigenvalue weighted by Gasteiger charge is 2.31. The van der Waals surface area contributed by atoms with E-state index >= 15 is 0 Å². The number of aryl methyl sites for hydroxylation is 2. The summed E-state index contributed by atoms with van der Waals surface area (Å²) in [6.45, 7) is 6.72. The highest BCUT2D eigenvalue weighted by Crippen LogP contribution is 2.34. The molecule has 1 aliphatic carbocycles. The molecule has 1 aromatic carbocycles. The second-order valence-electron chi connectivity index (χ2n) is 9.00. The number of hydrogen-bond donors (Lipinski definition) is 0. The molecule has 0 N–H and O–H groups in total. The zero-order valence-corrected chi connectivity index (χ0v) is 19.7. The van der Waals surface area contributed by atoms with E-state index in [1.807, 2.05) is 37.6 Å². The van der Waals surface area contributed by atoms with E-state index in [9.17, 15) is 13.2 Å². The molecule has 3 aromatic heterocycles. The molecule has 0 saturated heterocycles. The summed E-state index contributed by atoms with van der Waals surface area (Å²) in [5.41, 5.74) is 6.22. The van der Waals surface area contributed by atoms with Gasteiger partial charge in [-0.2, -0.15) is 10.2 Å². The first kappa shape index (κ1) is 23.1. The minimum absolute atomic E-state index is 0.255. The zero-order valence-electron chi connectivity index (χ0n) is 19.7. The second-order valence-corrected chi connectivity index (χ2v) is 9.00. The lowest BCUT2D eigenvalue weighted by Crippen LogP contribution is -2.16. The molecule has 182 valence electrons. The number of hydrogen-bond acceptors (Lipinski definition) is 5. The van der Waals surface area contributed by atoms with E-state index < -0.39 is 6.36 Å². The molecule has 0 bridgehead atoms. The van der Waals surface area contributed by atoms with E-state index in [0.717, 1.165) is 46.1 Å². The van der Waals surface area contributed by atoms with E-state index in [1.165, 1.54) is 25.0 Å². The Morgan fingerprint density at radius 3 is 2.37 bits per heavy atom. The largest absolute Gasteiger partial charge is 0.573 e. The quantitative estimate of drug-likeness (QED) is 0.355. The van der Waals surface area contributed by atoms with E-state index in [1.54, 1.807) is 23.1 Å². The third kappa shape index (κ3) is 5.21. The van der Waals surface area contributed by atoms with Gasteiger partial charge in [0.25, 0.3) is 0 Å². The van der Waals surface area contributed by atoms with Crippen LogP contribution in [0, 0.1) is 26.7 Å². The van der Waals surface area contributed by atoms with Crippen molar-refractivity contribution in [3.63, 3.8) is 0 Å². The van der Waals surface area contributed by atoms with E-state index in [-0.39, 0.29) is 5.75 Å². The first-order chi connectivity index (χ1) is 16.7. The van der Waals surface area contributed by atoms with Crippen molar-refractivity contribution in [2.75, 3.05) is 0 Å². The van der Waals surface area contributed by atoms with Gasteiger partial charge in [0.15, 0.2) is 5.82 Å². The molecule has 0 radical (unpaired) electrons. The summed E-state index contributed by atoms with van der Waals surface area (Å²) in [4.78, 5) is 8.87. The molecule has 0 spiro atoms. The Morgan fingerprint density at radius 2 is 1.74 bits per heavy atom. The number of halogens is 3. The van der Waals surface area contributed by atoms with E-state index in [2.05, 4.69) is 19.8 Å². The van der Waals surface area contributed by atoms with Gasteiger partial charge in [-0.25, -0.2) is 14.6 Å². The van der Waals surface area contributed by atoms with Crippen LogP contribution in [0.2, 0.25) is 0 Å². The summed E-state index contributed by atoms with van der Waals surface area (Å²) in [6, 6.07) is 9.75. The predicted octanol–water partition coefficient (Wildman–Crippen LogP) is 5.35. The SMILES string of the molecule is Cc1cc(C)n(-c2cc(Cc3c(C)c(-c4ccc(OC(F)(F)F)cc4)nn3CC3CC3)ncn2)n1. The Morgan fingerprint density at radius 1 is 1.00 bits per heavy atom. The van der Waals surface area contributed by atoms with Gasteiger partial charge in [0, 0.05) is 36.0 Å². The Bertz CT molecular complexity index is 1350. The van der Waals surface area contributed by atoms with Crippen LogP contribution in [0.3, 0.4) is 0 Å². The molecule has 35 heavy (non-hydrogen) atoms. The molecule has 0 amide bonds. The molecule has 1 aliphatic rings. The molecule has 7 nitrogen and oxygen atoms in total. The second kappa shape index (κ2) is 8.83. The van der Waals surface area contributed by atoms with Crippen LogP contribution >= 0.6 is 0 Å². The van der Waals surface area contributed by atoms with Crippen molar-refractivity contribution in [3.05, 3.63) is 71.1 Å². The van der Waals surface area contributed by atoms with Gasteiger partial charge in [0.2, 0.25) is 0 Å². The van der Waals surface area contributed by atoms with Crippen molar-refractivity contribution in [2.24, 2.45) is 5.92 Å². The predicted molar refractivity (Wildman–Crippen MR) is 123 cm³/mol. The third-order valence-corrected chi connectivity index (χ3v) is 6.09. The maximum absolute atomic E-state index is 12.5. The van der Waals surface area contributed by atoms with Crippen molar-refractivity contribution < 1.29 is 17.9 Å². The monoisotopic (exact) mass is 482 g/mol. The van der Waals surface area contributed by atoms with Crippen LogP contribution in [0.25, 0.3) is 17.1 Å². The Kier molecular flexibility index (Phi) is 5.82. The minimum atomic E-state index is -4.72. The van der Waals surface area contributed by atoms with Gasteiger partial charge < -0.3 is 4.74 Å². The molecule has 5 rings (SSSR count). The first-order valence-electron chi connectivity index (χ1n) is 11.4. The maximum atomic E-state index is 12.5. The Balaban J connectivity index is 1.46. The van der Waals surface area contributed by atoms with Gasteiger partial charge in [-0.1, -0.05) is 0 Å². The normalized spacial score (nSPS) is 13.9. The number of nitrogens with zero attached hydrogens (tertiary/aromatic N) is 6. The average Bonchev–Trinajstić information content (AvgIpc) is 3.48. The smallest absolute Gasteiger partial charge is 0.406 e. The molecule has 0 atom stereocenters. The summed E-state index contributed by atoms with van der Waals surface area (Å²) in [6.07, 6.45) is -0.284. The van der Waals surface area contributed by atoms with Crippen molar-refractivity contribution in [1.82, 2.24) is 29.5 Å². The van der Waals surface area contributed by atoms with Crippen LogP contribution in [0.15, 0.2) is 42.7 Å². The van der Waals surface area contributed by atoms with Crippen LogP contribution in [-0.4, -0.2) is 35.9 Å². The Hall–Kier alpha value is -3.69. The zero-order chi connectivity index (χ0) is 24.7. The fraction of sp³-hybridized carbons (Fsp3) is 0.360. The molecule has 1 saturated carbocycles. The van der Waals surface area contributed by atoms with Crippen LogP contribution in [0.5, 0.6) is 5.75 Å². The first-order valence-corrected chi connectivity index (χ1v) is 11.4. The number of alkyl halides is 3. The van der Waals surface area contributed by atoms with Crippen LogP contribution in [0.4, 0.5) is 13.2 Å². The number of rotatable bonds is 7. The van der Waals surface area contributed by atoms with Gasteiger partial charge in [0.05, 0.1) is 17.1 Å². The van der Waals surface area contributed by atoms with Crippen LogP contribution < -0.4 is 4.74 Å². The summed E-state index contributed by atoms with van der Waals surface area (Å²) in [5.74, 6) is 1.04. The fourth-order valence-electron chi connectivity index (χ4n) is 4.23. The van der Waals surface area contributed by atoms with E-state index in [0.29, 0.717) is 18.2 Å². The van der Waals surface area contributed by atoms with Crippen molar-refractivity contribution in [1.29, 1.82) is 0 Å². The van der Waals surface area contributed by atoms with Gasteiger partial charge in [-0.15, -0.1) is 13.2 Å². The molecular weight excluding hydrogens is 457 g/mol. The minimum Gasteiger partial charge on any atom is -0.406 e. The molecule has 1 fully saturated rings. The Labute approximate surface area is 200 Å². The number of ether oxygens (including phenoxy) is 1. The molecular formula is C25H25F3N6O. The molecule has 0 unspecified atom stereocenters. The van der Waals surface area contributed by atoms with Gasteiger partial charge >= 0.3 is 6.36 Å². The molecule has 0 aliphatic heterocycles. The number of aromatic nitrogens is 6. The summed E-state index contributed by atoms with van der Waals surface area (Å²) >= 11 is 0. The highest BCUT2D eigenvalue weighted by molar-refractivity contribution is 5.65. The van der Waals surface area contributed by atoms with Crippen molar-refractivity contribution >= 4 is 0 Å². The summed E-state index contributed by atoms with van der Waals surface area (Å²) < 4.78 is 45.4. The molecule has 10 heteroatoms. The van der Waals surface area contributed by atoms with Crippen molar-refractivity contribution in [3.8, 4) is 22.8 Å².